The van der Waals surface area contributed by atoms with Gasteiger partial charge in [-0.3, -0.25) is 4.68 Å². The molecule has 0 saturated carbocycles. The highest BCUT2D eigenvalue weighted by Gasteiger charge is 2.35. The molecule has 0 saturated heterocycles. The van der Waals surface area contributed by atoms with E-state index >= 15 is 0 Å². The number of alkyl halides is 3. The first-order valence-corrected chi connectivity index (χ1v) is 5.08. The minimum absolute atomic E-state index is 0.0611. The molecule has 2 rings (SSSR count). The first kappa shape index (κ1) is 13.1. The van der Waals surface area contributed by atoms with Crippen LogP contribution in [0.5, 0.6) is 0 Å². The second-order valence-electron chi connectivity index (χ2n) is 3.60. The van der Waals surface area contributed by atoms with Gasteiger partial charge in [-0.25, -0.2) is 15.8 Å². The molecule has 0 atom stereocenters. The second-order valence-corrected chi connectivity index (χ2v) is 3.60. The fourth-order valence-electron chi connectivity index (χ4n) is 1.32. The summed E-state index contributed by atoms with van der Waals surface area (Å²) in [7, 11) is 1.68. The van der Waals surface area contributed by atoms with Gasteiger partial charge in [-0.2, -0.15) is 18.3 Å². The van der Waals surface area contributed by atoms with Crippen LogP contribution < -0.4 is 16.6 Å². The standard InChI is InChI=1S/C9H10F3N7/c1-19-3-2-5(18-19)14-6-4-7(17-13)16-8(15-6)9(10,11)12/h2-4H,13H2,1H3,(H2,14,15,16,17,18). The Morgan fingerprint density at radius 3 is 2.42 bits per heavy atom. The van der Waals surface area contributed by atoms with Gasteiger partial charge < -0.3 is 10.7 Å². The van der Waals surface area contributed by atoms with E-state index in [1.165, 1.54) is 10.7 Å². The Bertz CT molecular complexity index is 577. The van der Waals surface area contributed by atoms with Gasteiger partial charge in [0, 0.05) is 25.4 Å². The molecule has 2 aromatic rings. The van der Waals surface area contributed by atoms with Crippen molar-refractivity contribution in [2.24, 2.45) is 12.9 Å². The van der Waals surface area contributed by atoms with Gasteiger partial charge in [-0.05, 0) is 0 Å². The van der Waals surface area contributed by atoms with Crippen LogP contribution in [0.3, 0.4) is 0 Å². The van der Waals surface area contributed by atoms with Gasteiger partial charge in [0.2, 0.25) is 5.82 Å². The summed E-state index contributed by atoms with van der Waals surface area (Å²) in [6, 6.07) is 2.83. The zero-order chi connectivity index (χ0) is 14.0. The Kier molecular flexibility index (Phi) is 3.25. The van der Waals surface area contributed by atoms with Crippen molar-refractivity contribution in [3.05, 3.63) is 24.2 Å². The summed E-state index contributed by atoms with van der Waals surface area (Å²) in [6.07, 6.45) is -3.02. The number of halogens is 3. The number of anilines is 3. The van der Waals surface area contributed by atoms with E-state index in [4.69, 9.17) is 5.84 Å². The van der Waals surface area contributed by atoms with Crippen LogP contribution in [0.4, 0.5) is 30.6 Å². The smallest absolute Gasteiger partial charge is 0.323 e. The molecule has 102 valence electrons. The Balaban J connectivity index is 2.34. The number of nitrogens with zero attached hydrogens (tertiary/aromatic N) is 4. The van der Waals surface area contributed by atoms with Crippen LogP contribution in [0.25, 0.3) is 0 Å². The third kappa shape index (κ3) is 3.10. The Hall–Kier alpha value is -2.36. The Morgan fingerprint density at radius 2 is 1.89 bits per heavy atom. The van der Waals surface area contributed by atoms with E-state index in [9.17, 15) is 13.2 Å². The molecule has 0 unspecified atom stereocenters. The summed E-state index contributed by atoms with van der Waals surface area (Å²) < 4.78 is 39.3. The molecule has 4 N–H and O–H groups in total. The quantitative estimate of drug-likeness (QED) is 0.575. The molecule has 2 aromatic heterocycles. The lowest BCUT2D eigenvalue weighted by Crippen LogP contribution is -2.16. The maximum Gasteiger partial charge on any atom is 0.451 e. The maximum atomic E-state index is 12.6. The minimum Gasteiger partial charge on any atom is -0.323 e. The van der Waals surface area contributed by atoms with Crippen molar-refractivity contribution < 1.29 is 13.2 Å². The number of nitrogens with two attached hydrogens (primary N) is 1. The maximum absolute atomic E-state index is 12.6. The molecule has 10 heteroatoms. The van der Waals surface area contributed by atoms with Crippen LogP contribution in [0.1, 0.15) is 5.82 Å². The van der Waals surface area contributed by atoms with Crippen LogP contribution in [0.2, 0.25) is 0 Å². The first-order valence-electron chi connectivity index (χ1n) is 5.08. The third-order valence-electron chi connectivity index (χ3n) is 2.10. The summed E-state index contributed by atoms with van der Waals surface area (Å²) in [4.78, 5) is 6.60. The number of aryl methyl sites for hydroxylation is 1. The molecule has 0 amide bonds. The van der Waals surface area contributed by atoms with E-state index in [2.05, 4.69) is 25.8 Å². The van der Waals surface area contributed by atoms with Gasteiger partial charge in [0.25, 0.3) is 0 Å². The molecular weight excluding hydrogens is 263 g/mol. The monoisotopic (exact) mass is 273 g/mol. The fraction of sp³-hybridized carbons (Fsp3) is 0.222. The summed E-state index contributed by atoms with van der Waals surface area (Å²) in [5, 5.41) is 6.60. The number of hydrogen-bond acceptors (Lipinski definition) is 6. The third-order valence-corrected chi connectivity index (χ3v) is 2.10. The predicted octanol–water partition coefficient (Wildman–Crippen LogP) is 1.26. The molecule has 7 nitrogen and oxygen atoms in total. The van der Waals surface area contributed by atoms with Crippen molar-refractivity contribution >= 4 is 17.5 Å². The topological polar surface area (TPSA) is 93.7 Å². The minimum atomic E-state index is -4.66. The van der Waals surface area contributed by atoms with E-state index in [0.29, 0.717) is 5.82 Å². The van der Waals surface area contributed by atoms with E-state index in [-0.39, 0.29) is 11.6 Å². The van der Waals surface area contributed by atoms with Crippen LogP contribution in [0.15, 0.2) is 18.3 Å². The highest BCUT2D eigenvalue weighted by atomic mass is 19.4. The van der Waals surface area contributed by atoms with Crippen LogP contribution in [-0.4, -0.2) is 19.7 Å². The van der Waals surface area contributed by atoms with Gasteiger partial charge >= 0.3 is 6.18 Å². The summed E-state index contributed by atoms with van der Waals surface area (Å²) in [5.74, 6) is 3.93. The zero-order valence-corrected chi connectivity index (χ0v) is 9.73. The van der Waals surface area contributed by atoms with Crippen molar-refractivity contribution in [1.82, 2.24) is 19.7 Å². The highest BCUT2D eigenvalue weighted by Crippen LogP contribution is 2.28. The number of hydrazine groups is 1. The number of aromatic nitrogens is 4. The van der Waals surface area contributed by atoms with Crippen molar-refractivity contribution in [2.75, 3.05) is 10.7 Å². The average molecular weight is 273 g/mol. The van der Waals surface area contributed by atoms with Crippen LogP contribution in [-0.2, 0) is 13.2 Å². The van der Waals surface area contributed by atoms with Crippen molar-refractivity contribution in [1.29, 1.82) is 0 Å². The van der Waals surface area contributed by atoms with Gasteiger partial charge in [0.1, 0.15) is 11.6 Å². The average Bonchev–Trinajstić information content (AvgIpc) is 2.73. The molecule has 0 aliphatic heterocycles. The number of nitrogens with one attached hydrogen (secondary N) is 2. The number of nitrogen functional groups attached to an aromatic ring is 1. The second kappa shape index (κ2) is 4.72. The van der Waals surface area contributed by atoms with Gasteiger partial charge in [0.15, 0.2) is 5.82 Å². The number of rotatable bonds is 3. The molecule has 0 aliphatic rings. The summed E-state index contributed by atoms with van der Waals surface area (Å²) >= 11 is 0. The lowest BCUT2D eigenvalue weighted by molar-refractivity contribution is -0.144. The van der Waals surface area contributed by atoms with Gasteiger partial charge in [0.05, 0.1) is 0 Å². The molecule has 2 heterocycles. The van der Waals surface area contributed by atoms with E-state index in [1.54, 1.807) is 19.3 Å². The summed E-state index contributed by atoms with van der Waals surface area (Å²) in [6.45, 7) is 0. The first-order chi connectivity index (χ1) is 8.88. The lowest BCUT2D eigenvalue weighted by atomic mass is 10.4. The van der Waals surface area contributed by atoms with Gasteiger partial charge in [-0.1, -0.05) is 0 Å². The zero-order valence-electron chi connectivity index (χ0n) is 9.73. The SMILES string of the molecule is Cn1ccc(Nc2cc(NN)nc(C(F)(F)F)n2)n1. The Labute approximate surface area is 105 Å². The van der Waals surface area contributed by atoms with Crippen molar-refractivity contribution in [2.45, 2.75) is 6.18 Å². The van der Waals surface area contributed by atoms with Crippen LogP contribution >= 0.6 is 0 Å². The Morgan fingerprint density at radius 1 is 1.21 bits per heavy atom. The van der Waals surface area contributed by atoms with E-state index in [0.717, 1.165) is 0 Å². The predicted molar refractivity (Wildman–Crippen MR) is 61.3 cm³/mol. The van der Waals surface area contributed by atoms with Crippen molar-refractivity contribution in [3.8, 4) is 0 Å². The summed E-state index contributed by atoms with van der Waals surface area (Å²) in [5.41, 5.74) is 2.05. The van der Waals surface area contributed by atoms with E-state index in [1.807, 2.05) is 0 Å². The molecular formula is C9H10F3N7. The van der Waals surface area contributed by atoms with Gasteiger partial charge in [-0.15, -0.1) is 0 Å². The normalized spacial score (nSPS) is 11.4. The highest BCUT2D eigenvalue weighted by molar-refractivity contribution is 5.55. The molecule has 0 spiro atoms. The largest absolute Gasteiger partial charge is 0.451 e. The van der Waals surface area contributed by atoms with Crippen molar-refractivity contribution in [3.63, 3.8) is 0 Å². The molecule has 19 heavy (non-hydrogen) atoms. The lowest BCUT2D eigenvalue weighted by Gasteiger charge is -2.10. The van der Waals surface area contributed by atoms with Crippen LogP contribution in [0, 0.1) is 0 Å². The molecule has 0 bridgehead atoms. The molecule has 0 aliphatic carbocycles. The fourth-order valence-corrected chi connectivity index (χ4v) is 1.32. The molecule has 0 fully saturated rings. The molecule has 0 radical (unpaired) electrons. The van der Waals surface area contributed by atoms with E-state index < -0.39 is 12.0 Å². The molecule has 0 aromatic carbocycles. The number of hydrogen-bond donors (Lipinski definition) is 3.